The Morgan fingerprint density at radius 1 is 1.46 bits per heavy atom. The Balaban J connectivity index is 2.54. The lowest BCUT2D eigenvalue weighted by molar-refractivity contribution is 0.420. The van der Waals surface area contributed by atoms with Gasteiger partial charge in [0.25, 0.3) is 0 Å². The molecule has 1 saturated carbocycles. The number of rotatable bonds is 6. The first kappa shape index (κ1) is 10.9. The minimum absolute atomic E-state index is 0.216. The van der Waals surface area contributed by atoms with Crippen molar-refractivity contribution >= 4 is 10.0 Å². The van der Waals surface area contributed by atoms with E-state index in [9.17, 15) is 8.42 Å². The molecule has 0 aromatic carbocycles. The largest absolute Gasteiger partial charge is 0.319 e. The maximum Gasteiger partial charge on any atom is 0.215 e. The smallest absolute Gasteiger partial charge is 0.215 e. The van der Waals surface area contributed by atoms with Crippen LogP contribution in [-0.2, 0) is 10.0 Å². The monoisotopic (exact) mass is 206 g/mol. The standard InChI is InChI=1S/C8H18N2O2S/c1-3-10(8-4-5-8)13(11,12)7-6-9-2/h8-9H,3-7H2,1-2H3. The highest BCUT2D eigenvalue weighted by Crippen LogP contribution is 2.28. The first-order valence-corrected chi connectivity index (χ1v) is 6.37. The van der Waals surface area contributed by atoms with E-state index < -0.39 is 10.0 Å². The zero-order valence-electron chi connectivity index (χ0n) is 8.28. The molecule has 4 nitrogen and oxygen atoms in total. The molecule has 0 unspecified atom stereocenters. The summed E-state index contributed by atoms with van der Waals surface area (Å²) in [7, 11) is -1.23. The van der Waals surface area contributed by atoms with Gasteiger partial charge in [0.15, 0.2) is 0 Å². The maximum absolute atomic E-state index is 11.7. The summed E-state index contributed by atoms with van der Waals surface area (Å²) in [5, 5.41) is 2.86. The molecule has 0 aromatic rings. The minimum atomic E-state index is -3.00. The van der Waals surface area contributed by atoms with Gasteiger partial charge in [-0.15, -0.1) is 0 Å². The maximum atomic E-state index is 11.7. The molecule has 0 saturated heterocycles. The number of nitrogens with zero attached hydrogens (tertiary/aromatic N) is 1. The van der Waals surface area contributed by atoms with Crippen LogP contribution in [0, 0.1) is 0 Å². The predicted octanol–water partition coefficient (Wildman–Crippen LogP) is 0.0199. The average molecular weight is 206 g/mol. The molecule has 0 aromatic heterocycles. The Bertz CT molecular complexity index is 247. The second-order valence-electron chi connectivity index (χ2n) is 3.35. The first-order valence-electron chi connectivity index (χ1n) is 4.76. The lowest BCUT2D eigenvalue weighted by atomic mass is 10.6. The van der Waals surface area contributed by atoms with Gasteiger partial charge in [0.1, 0.15) is 0 Å². The fourth-order valence-corrected chi connectivity index (χ4v) is 3.15. The van der Waals surface area contributed by atoms with Gasteiger partial charge in [-0.2, -0.15) is 4.31 Å². The van der Waals surface area contributed by atoms with Crippen LogP contribution in [0.5, 0.6) is 0 Å². The van der Waals surface area contributed by atoms with Crippen LogP contribution in [0.2, 0.25) is 0 Å². The Morgan fingerprint density at radius 2 is 2.08 bits per heavy atom. The van der Waals surface area contributed by atoms with Gasteiger partial charge in [0.05, 0.1) is 5.75 Å². The van der Waals surface area contributed by atoms with Crippen LogP contribution in [0.3, 0.4) is 0 Å². The van der Waals surface area contributed by atoms with E-state index in [0.717, 1.165) is 12.8 Å². The van der Waals surface area contributed by atoms with E-state index in [2.05, 4.69) is 5.32 Å². The van der Waals surface area contributed by atoms with Gasteiger partial charge >= 0.3 is 0 Å². The van der Waals surface area contributed by atoms with E-state index in [1.54, 1.807) is 11.4 Å². The topological polar surface area (TPSA) is 49.4 Å². The van der Waals surface area contributed by atoms with Gasteiger partial charge in [-0.25, -0.2) is 8.42 Å². The zero-order valence-corrected chi connectivity index (χ0v) is 9.10. The summed E-state index contributed by atoms with van der Waals surface area (Å²) >= 11 is 0. The molecule has 0 aliphatic heterocycles. The molecule has 1 rings (SSSR count). The van der Waals surface area contributed by atoms with Crippen molar-refractivity contribution in [2.75, 3.05) is 25.9 Å². The number of hydrogen-bond donors (Lipinski definition) is 1. The quantitative estimate of drug-likeness (QED) is 0.666. The summed E-state index contributed by atoms with van der Waals surface area (Å²) in [6.45, 7) is 3.04. The Morgan fingerprint density at radius 3 is 2.46 bits per heavy atom. The van der Waals surface area contributed by atoms with Crippen LogP contribution in [0.15, 0.2) is 0 Å². The average Bonchev–Trinajstić information content (AvgIpc) is 2.86. The fourth-order valence-electron chi connectivity index (χ4n) is 1.39. The van der Waals surface area contributed by atoms with E-state index in [1.807, 2.05) is 6.92 Å². The molecule has 0 atom stereocenters. The third-order valence-electron chi connectivity index (χ3n) is 2.23. The molecule has 13 heavy (non-hydrogen) atoms. The van der Waals surface area contributed by atoms with E-state index in [1.165, 1.54) is 0 Å². The van der Waals surface area contributed by atoms with E-state index in [-0.39, 0.29) is 5.75 Å². The van der Waals surface area contributed by atoms with Crippen LogP contribution in [-0.4, -0.2) is 44.7 Å². The number of nitrogens with one attached hydrogen (secondary N) is 1. The Hall–Kier alpha value is -0.130. The van der Waals surface area contributed by atoms with Gasteiger partial charge in [-0.1, -0.05) is 6.92 Å². The van der Waals surface area contributed by atoms with Crippen LogP contribution < -0.4 is 5.32 Å². The van der Waals surface area contributed by atoms with E-state index in [4.69, 9.17) is 0 Å². The van der Waals surface area contributed by atoms with E-state index in [0.29, 0.717) is 19.1 Å². The number of sulfonamides is 1. The van der Waals surface area contributed by atoms with Gasteiger partial charge in [0, 0.05) is 19.1 Å². The van der Waals surface area contributed by atoms with Crippen LogP contribution in [0.25, 0.3) is 0 Å². The zero-order chi connectivity index (χ0) is 9.90. The molecular formula is C8H18N2O2S. The van der Waals surface area contributed by atoms with Gasteiger partial charge in [-0.3, -0.25) is 0 Å². The van der Waals surface area contributed by atoms with Crippen LogP contribution in [0.1, 0.15) is 19.8 Å². The Kier molecular flexibility index (Phi) is 3.70. The van der Waals surface area contributed by atoms with Gasteiger partial charge < -0.3 is 5.32 Å². The SMILES string of the molecule is CCN(C1CC1)S(=O)(=O)CCNC. The highest BCUT2D eigenvalue weighted by atomic mass is 32.2. The summed E-state index contributed by atoms with van der Waals surface area (Å²) in [4.78, 5) is 0. The molecule has 5 heteroatoms. The highest BCUT2D eigenvalue weighted by molar-refractivity contribution is 7.89. The lowest BCUT2D eigenvalue weighted by Crippen LogP contribution is -2.37. The third kappa shape index (κ3) is 2.93. The predicted molar refractivity (Wildman–Crippen MR) is 53.1 cm³/mol. The summed E-state index contributed by atoms with van der Waals surface area (Å²) in [5.74, 6) is 0.216. The highest BCUT2D eigenvalue weighted by Gasteiger charge is 2.35. The van der Waals surface area contributed by atoms with Crippen molar-refractivity contribution in [2.24, 2.45) is 0 Å². The van der Waals surface area contributed by atoms with Crippen molar-refractivity contribution in [1.82, 2.24) is 9.62 Å². The fraction of sp³-hybridized carbons (Fsp3) is 1.00. The third-order valence-corrected chi connectivity index (χ3v) is 4.22. The summed E-state index contributed by atoms with van der Waals surface area (Å²) < 4.78 is 25.0. The lowest BCUT2D eigenvalue weighted by Gasteiger charge is -2.19. The van der Waals surface area contributed by atoms with E-state index >= 15 is 0 Å². The molecule has 0 radical (unpaired) electrons. The van der Waals surface area contributed by atoms with Crippen molar-refractivity contribution in [3.8, 4) is 0 Å². The normalized spacial score (nSPS) is 18.1. The second kappa shape index (κ2) is 4.39. The molecule has 0 amide bonds. The molecule has 1 N–H and O–H groups in total. The molecule has 0 bridgehead atoms. The number of hydrogen-bond acceptors (Lipinski definition) is 3. The van der Waals surface area contributed by atoms with Gasteiger partial charge in [0.2, 0.25) is 10.0 Å². The van der Waals surface area contributed by atoms with Crippen molar-refractivity contribution in [3.05, 3.63) is 0 Å². The first-order chi connectivity index (χ1) is 6.11. The van der Waals surface area contributed by atoms with Crippen molar-refractivity contribution in [2.45, 2.75) is 25.8 Å². The minimum Gasteiger partial charge on any atom is -0.319 e. The molecular weight excluding hydrogens is 188 g/mol. The van der Waals surface area contributed by atoms with Crippen molar-refractivity contribution < 1.29 is 8.42 Å². The van der Waals surface area contributed by atoms with Crippen molar-refractivity contribution in [1.29, 1.82) is 0 Å². The van der Waals surface area contributed by atoms with Gasteiger partial charge in [-0.05, 0) is 19.9 Å². The Labute approximate surface area is 80.4 Å². The molecule has 0 spiro atoms. The van der Waals surface area contributed by atoms with Crippen molar-refractivity contribution in [3.63, 3.8) is 0 Å². The van der Waals surface area contributed by atoms with Crippen LogP contribution >= 0.6 is 0 Å². The molecule has 78 valence electrons. The van der Waals surface area contributed by atoms with Crippen LogP contribution in [0.4, 0.5) is 0 Å². The molecule has 1 aliphatic rings. The summed E-state index contributed by atoms with van der Waals surface area (Å²) in [5.41, 5.74) is 0. The molecule has 0 heterocycles. The summed E-state index contributed by atoms with van der Waals surface area (Å²) in [6.07, 6.45) is 2.07. The second-order valence-corrected chi connectivity index (χ2v) is 5.40. The molecule has 1 aliphatic carbocycles. The molecule has 1 fully saturated rings. The summed E-state index contributed by atoms with van der Waals surface area (Å²) in [6, 6.07) is 0.298.